The maximum Gasteiger partial charge on any atom is 0.171 e. The van der Waals surface area contributed by atoms with Crippen LogP contribution in [0.2, 0.25) is 0 Å². The van der Waals surface area contributed by atoms with Crippen molar-refractivity contribution >= 4 is 21.2 Å². The van der Waals surface area contributed by atoms with E-state index in [1.54, 1.807) is 26.8 Å². The monoisotopic (exact) mass is 406 g/mol. The minimum absolute atomic E-state index is 0.271. The number of rotatable bonds is 6. The Morgan fingerprint density at radius 3 is 2.19 bits per heavy atom. The largest absolute Gasteiger partial charge is 0.598 e. The highest BCUT2D eigenvalue weighted by Crippen LogP contribution is 2.32. The van der Waals surface area contributed by atoms with Crippen LogP contribution in [-0.2, 0) is 26.7 Å². The van der Waals surface area contributed by atoms with Gasteiger partial charge in [0.2, 0.25) is 0 Å². The van der Waals surface area contributed by atoms with Gasteiger partial charge in [-0.3, -0.25) is 0 Å². The van der Waals surface area contributed by atoms with Crippen molar-refractivity contribution in [1.29, 1.82) is 5.26 Å². The minimum Gasteiger partial charge on any atom is -0.598 e. The van der Waals surface area contributed by atoms with Gasteiger partial charge in [0.25, 0.3) is 0 Å². The molecular formula is C17H24F2N2O3S2. The summed E-state index contributed by atoms with van der Waals surface area (Å²) in [5, 5.41) is 9.16. The van der Waals surface area contributed by atoms with Gasteiger partial charge in [-0.2, -0.15) is 5.26 Å². The molecular weight excluding hydrogens is 382 g/mol. The van der Waals surface area contributed by atoms with Gasteiger partial charge in [-0.25, -0.2) is 17.2 Å². The SMILES string of the molecule is CC(C)(C)[S@@+]([O-])N[C@@](C)(CS(=O)(=O)C(C)(C)C#N)c1cccc(F)c1F. The molecule has 146 valence electrons. The van der Waals surface area contributed by atoms with E-state index in [1.807, 2.05) is 0 Å². The van der Waals surface area contributed by atoms with Crippen molar-refractivity contribution in [2.24, 2.45) is 0 Å². The van der Waals surface area contributed by atoms with Crippen LogP contribution in [0.5, 0.6) is 0 Å². The molecule has 0 heterocycles. The Kier molecular flexibility index (Phi) is 6.52. The van der Waals surface area contributed by atoms with Crippen LogP contribution in [0.25, 0.3) is 0 Å². The van der Waals surface area contributed by atoms with Crippen LogP contribution in [-0.4, -0.2) is 28.2 Å². The van der Waals surface area contributed by atoms with Crippen LogP contribution in [0.15, 0.2) is 18.2 Å². The maximum absolute atomic E-state index is 14.4. The molecule has 0 aliphatic heterocycles. The summed E-state index contributed by atoms with van der Waals surface area (Å²) in [5.41, 5.74) is -1.98. The van der Waals surface area contributed by atoms with Gasteiger partial charge < -0.3 is 4.55 Å². The van der Waals surface area contributed by atoms with Crippen LogP contribution >= 0.6 is 0 Å². The molecule has 1 rings (SSSR count). The molecule has 0 aromatic heterocycles. The molecule has 0 saturated heterocycles. The van der Waals surface area contributed by atoms with Crippen molar-refractivity contribution in [3.05, 3.63) is 35.4 Å². The predicted molar refractivity (Wildman–Crippen MR) is 98.2 cm³/mol. The fourth-order valence-electron chi connectivity index (χ4n) is 2.08. The number of hydrogen-bond acceptors (Lipinski definition) is 5. The maximum atomic E-state index is 14.4. The first-order chi connectivity index (χ1) is 11.6. The molecule has 0 bridgehead atoms. The molecule has 26 heavy (non-hydrogen) atoms. The first-order valence-electron chi connectivity index (χ1n) is 7.85. The van der Waals surface area contributed by atoms with E-state index in [2.05, 4.69) is 4.72 Å². The van der Waals surface area contributed by atoms with E-state index >= 15 is 0 Å². The third kappa shape index (κ3) is 4.74. The number of benzene rings is 1. The number of halogens is 2. The fraction of sp³-hybridized carbons (Fsp3) is 0.588. The Labute approximate surface area is 157 Å². The Morgan fingerprint density at radius 1 is 1.19 bits per heavy atom. The lowest BCUT2D eigenvalue weighted by Crippen LogP contribution is -2.55. The number of hydrogen-bond donors (Lipinski definition) is 1. The number of nitriles is 1. The molecule has 0 spiro atoms. The van der Waals surface area contributed by atoms with E-state index < -0.39 is 53.6 Å². The van der Waals surface area contributed by atoms with Gasteiger partial charge in [-0.15, -0.1) is 4.72 Å². The Balaban J connectivity index is 3.54. The Hall–Kier alpha value is -1.21. The van der Waals surface area contributed by atoms with E-state index in [0.29, 0.717) is 0 Å². The highest BCUT2D eigenvalue weighted by atomic mass is 32.2. The number of nitrogens with one attached hydrogen (secondary N) is 1. The molecule has 0 amide bonds. The number of sulfone groups is 1. The van der Waals surface area contributed by atoms with Crippen LogP contribution in [0, 0.1) is 23.0 Å². The molecule has 1 N–H and O–H groups in total. The molecule has 0 unspecified atom stereocenters. The third-order valence-electron chi connectivity index (χ3n) is 3.95. The summed E-state index contributed by atoms with van der Waals surface area (Å²) < 4.78 is 66.3. The summed E-state index contributed by atoms with van der Waals surface area (Å²) in [6.45, 7) is 8.76. The number of nitrogens with zero attached hydrogens (tertiary/aromatic N) is 1. The lowest BCUT2D eigenvalue weighted by Gasteiger charge is -2.36. The zero-order valence-electron chi connectivity index (χ0n) is 15.7. The van der Waals surface area contributed by atoms with Gasteiger partial charge in [0.05, 0.1) is 11.8 Å². The minimum atomic E-state index is -4.08. The summed E-state index contributed by atoms with van der Waals surface area (Å²) in [6, 6.07) is 5.10. The predicted octanol–water partition coefficient (Wildman–Crippen LogP) is 2.95. The second-order valence-electron chi connectivity index (χ2n) is 7.80. The fourth-order valence-corrected chi connectivity index (χ4v) is 4.56. The highest BCUT2D eigenvalue weighted by Gasteiger charge is 2.46. The molecule has 0 radical (unpaired) electrons. The van der Waals surface area contributed by atoms with E-state index in [9.17, 15) is 21.8 Å². The second kappa shape index (κ2) is 7.43. The summed E-state index contributed by atoms with van der Waals surface area (Å²) in [4.78, 5) is 0. The standard InChI is InChI=1S/C17H24F2N2O3S2/c1-15(2,3)25(22)21-17(6,11-26(23,24)16(4,5)10-20)12-8-7-9-13(18)14(12)19/h7-9,21H,11H2,1-6H3/t17-,25+/m0/s1. The van der Waals surface area contributed by atoms with Gasteiger partial charge in [-0.1, -0.05) is 12.1 Å². The average molecular weight is 407 g/mol. The summed E-state index contributed by atoms with van der Waals surface area (Å²) in [5.74, 6) is -3.10. The first-order valence-corrected chi connectivity index (χ1v) is 10.7. The zero-order chi connectivity index (χ0) is 20.6. The van der Waals surface area contributed by atoms with Gasteiger partial charge in [0, 0.05) is 16.9 Å². The molecule has 9 heteroatoms. The highest BCUT2D eigenvalue weighted by molar-refractivity contribution is 7.93. The van der Waals surface area contributed by atoms with Crippen molar-refractivity contribution in [1.82, 2.24) is 4.72 Å². The van der Waals surface area contributed by atoms with E-state index in [-0.39, 0.29) is 5.56 Å². The van der Waals surface area contributed by atoms with Gasteiger partial charge in [0.1, 0.15) is 10.3 Å². The Morgan fingerprint density at radius 2 is 1.73 bits per heavy atom. The first kappa shape index (κ1) is 22.8. The van der Waals surface area contributed by atoms with Crippen molar-refractivity contribution < 1.29 is 21.8 Å². The average Bonchev–Trinajstić information content (AvgIpc) is 2.48. The van der Waals surface area contributed by atoms with Crippen LogP contribution in [0.1, 0.15) is 47.1 Å². The van der Waals surface area contributed by atoms with Crippen molar-refractivity contribution in [2.75, 3.05) is 5.75 Å². The zero-order valence-corrected chi connectivity index (χ0v) is 17.3. The lowest BCUT2D eigenvalue weighted by atomic mass is 9.94. The van der Waals surface area contributed by atoms with E-state index in [4.69, 9.17) is 5.26 Å². The summed E-state index contributed by atoms with van der Waals surface area (Å²) in [7, 11) is -4.08. The Bertz CT molecular complexity index is 814. The van der Waals surface area contributed by atoms with Gasteiger partial charge in [-0.05, 0) is 47.6 Å². The van der Waals surface area contributed by atoms with E-state index in [0.717, 1.165) is 6.07 Å². The molecule has 0 aliphatic carbocycles. The lowest BCUT2D eigenvalue weighted by molar-refractivity contribution is 0.414. The molecule has 2 atom stereocenters. The molecule has 1 aromatic carbocycles. The molecule has 0 fully saturated rings. The van der Waals surface area contributed by atoms with Gasteiger partial charge in [0.15, 0.2) is 26.2 Å². The van der Waals surface area contributed by atoms with Crippen molar-refractivity contribution in [3.63, 3.8) is 0 Å². The molecule has 0 aliphatic rings. The van der Waals surface area contributed by atoms with Crippen molar-refractivity contribution in [2.45, 2.75) is 56.6 Å². The smallest absolute Gasteiger partial charge is 0.171 e. The second-order valence-corrected chi connectivity index (χ2v) is 12.3. The summed E-state index contributed by atoms with van der Waals surface area (Å²) >= 11 is -1.77. The topological polar surface area (TPSA) is 93.0 Å². The normalized spacial score (nSPS) is 16.6. The summed E-state index contributed by atoms with van der Waals surface area (Å²) in [6.07, 6.45) is 0. The van der Waals surface area contributed by atoms with Crippen LogP contribution < -0.4 is 4.72 Å². The molecule has 5 nitrogen and oxygen atoms in total. The van der Waals surface area contributed by atoms with Crippen LogP contribution in [0.3, 0.4) is 0 Å². The van der Waals surface area contributed by atoms with Crippen molar-refractivity contribution in [3.8, 4) is 6.07 Å². The third-order valence-corrected chi connectivity index (χ3v) is 8.30. The van der Waals surface area contributed by atoms with Gasteiger partial charge >= 0.3 is 0 Å². The van der Waals surface area contributed by atoms with E-state index in [1.165, 1.54) is 32.9 Å². The molecule has 1 aromatic rings. The van der Waals surface area contributed by atoms with Crippen LogP contribution in [0.4, 0.5) is 8.78 Å². The molecule has 0 saturated carbocycles. The quantitative estimate of drug-likeness (QED) is 0.733.